The lowest BCUT2D eigenvalue weighted by Gasteiger charge is -2.41. The van der Waals surface area contributed by atoms with Crippen molar-refractivity contribution in [2.75, 3.05) is 19.6 Å². The number of nitrogens with zero attached hydrogens (tertiary/aromatic N) is 3. The minimum atomic E-state index is 0.0287. The Balaban J connectivity index is 1.56. The Morgan fingerprint density at radius 1 is 1.00 bits per heavy atom. The second kappa shape index (κ2) is 11.0. The first-order valence-electron chi connectivity index (χ1n) is 14.7. The van der Waals surface area contributed by atoms with Crippen molar-refractivity contribution in [1.29, 1.82) is 0 Å². The maximum atomic E-state index is 13.5. The zero-order valence-corrected chi connectivity index (χ0v) is 24.4. The van der Waals surface area contributed by atoms with Gasteiger partial charge >= 0.3 is 0 Å². The van der Waals surface area contributed by atoms with Crippen LogP contribution in [0.5, 0.6) is 5.75 Å². The second-order valence-corrected chi connectivity index (χ2v) is 13.6. The van der Waals surface area contributed by atoms with E-state index in [-0.39, 0.29) is 17.5 Å². The first-order valence-corrected chi connectivity index (χ1v) is 14.7. The Bertz CT molecular complexity index is 942. The van der Waals surface area contributed by atoms with Gasteiger partial charge in [-0.25, -0.2) is 0 Å². The highest BCUT2D eigenvalue weighted by atomic mass is 16.3. The maximum absolute atomic E-state index is 13.5. The fourth-order valence-electron chi connectivity index (χ4n) is 7.04. The lowest BCUT2D eigenvalue weighted by molar-refractivity contribution is -0.140. The zero-order chi connectivity index (χ0) is 27.1. The number of carbonyl (C=O) groups is 1. The molecule has 5 nitrogen and oxygen atoms in total. The van der Waals surface area contributed by atoms with Gasteiger partial charge in [0.15, 0.2) is 0 Å². The van der Waals surface area contributed by atoms with E-state index in [2.05, 4.69) is 75.3 Å². The smallest absolute Gasteiger partial charge is 0.225 e. The van der Waals surface area contributed by atoms with Gasteiger partial charge in [-0.1, -0.05) is 39.5 Å². The van der Waals surface area contributed by atoms with E-state index in [4.69, 9.17) is 6.58 Å². The van der Waals surface area contributed by atoms with Gasteiger partial charge in [0.25, 0.3) is 0 Å². The summed E-state index contributed by atoms with van der Waals surface area (Å²) in [4.78, 5) is 20.9. The molecule has 4 atom stereocenters. The van der Waals surface area contributed by atoms with Crippen LogP contribution in [0.2, 0.25) is 0 Å². The number of hydrogen-bond acceptors (Lipinski definition) is 4. The van der Waals surface area contributed by atoms with E-state index < -0.39 is 0 Å². The summed E-state index contributed by atoms with van der Waals surface area (Å²) in [6, 6.07) is 8.78. The number of benzene rings is 1. The molecular formula is C32H51N3O2. The summed E-state index contributed by atoms with van der Waals surface area (Å²) < 4.78 is 0. The molecular weight excluding hydrogens is 458 g/mol. The van der Waals surface area contributed by atoms with Crippen LogP contribution in [0, 0.1) is 17.8 Å². The largest absolute Gasteiger partial charge is 0.508 e. The minimum absolute atomic E-state index is 0.0287. The Morgan fingerprint density at radius 3 is 2.19 bits per heavy atom. The zero-order valence-electron chi connectivity index (χ0n) is 24.4. The molecule has 1 amide bonds. The molecule has 1 saturated carbocycles. The van der Waals surface area contributed by atoms with Crippen LogP contribution in [0.1, 0.15) is 92.1 Å². The molecule has 1 aromatic carbocycles. The third-order valence-corrected chi connectivity index (χ3v) is 9.46. The molecule has 2 heterocycles. The standard InChI is InChI=1S/C32H51N3O2/c1-21(2)31(37)35(26-13-9-22(3)10-14-26)27-17-23(4)34(18-27)24(5)29-19-33(32(6,7)8)20-30(29)25-11-15-28(36)16-12-25/h11-12,15-16,21-23,26-27,29-30,36H,5,9-10,13-14,17-20H2,1-4,6-8H3/t22-,23-,26+,27+,29+,30+/m1/s1. The van der Waals surface area contributed by atoms with Gasteiger partial charge in [-0.05, 0) is 83.4 Å². The van der Waals surface area contributed by atoms with Crippen molar-refractivity contribution in [3.63, 3.8) is 0 Å². The molecule has 37 heavy (non-hydrogen) atoms. The van der Waals surface area contributed by atoms with Gasteiger partial charge in [0.1, 0.15) is 5.75 Å². The van der Waals surface area contributed by atoms with Gasteiger partial charge in [0, 0.05) is 60.7 Å². The first-order chi connectivity index (χ1) is 17.4. The van der Waals surface area contributed by atoms with Crippen molar-refractivity contribution in [3.8, 4) is 5.75 Å². The highest BCUT2D eigenvalue weighted by Crippen LogP contribution is 2.43. The Kier molecular flexibility index (Phi) is 8.33. The summed E-state index contributed by atoms with van der Waals surface area (Å²) in [6.45, 7) is 23.2. The summed E-state index contributed by atoms with van der Waals surface area (Å²) in [7, 11) is 0. The molecule has 3 aliphatic rings. The molecule has 206 valence electrons. The van der Waals surface area contributed by atoms with Crippen LogP contribution in [-0.2, 0) is 4.79 Å². The molecule has 2 saturated heterocycles. The van der Waals surface area contributed by atoms with Crippen LogP contribution in [0.15, 0.2) is 36.5 Å². The van der Waals surface area contributed by atoms with E-state index in [0.29, 0.717) is 35.6 Å². The van der Waals surface area contributed by atoms with E-state index in [9.17, 15) is 9.90 Å². The van der Waals surface area contributed by atoms with E-state index in [1.807, 2.05) is 12.1 Å². The molecule has 1 aliphatic carbocycles. The molecule has 0 spiro atoms. The Labute approximate surface area is 225 Å². The van der Waals surface area contributed by atoms with Crippen molar-refractivity contribution in [3.05, 3.63) is 42.1 Å². The lowest BCUT2D eigenvalue weighted by atomic mass is 9.85. The van der Waals surface area contributed by atoms with Gasteiger partial charge in [0.05, 0.1) is 6.04 Å². The average molecular weight is 510 g/mol. The molecule has 0 bridgehead atoms. The van der Waals surface area contributed by atoms with Crippen molar-refractivity contribution in [2.24, 2.45) is 17.8 Å². The van der Waals surface area contributed by atoms with Gasteiger partial charge < -0.3 is 14.9 Å². The van der Waals surface area contributed by atoms with Crippen molar-refractivity contribution in [1.82, 2.24) is 14.7 Å². The number of aromatic hydroxyl groups is 1. The highest BCUT2D eigenvalue weighted by molar-refractivity contribution is 5.79. The molecule has 1 N–H and O–H groups in total. The van der Waals surface area contributed by atoms with Crippen LogP contribution in [0.4, 0.5) is 0 Å². The number of rotatable bonds is 6. The van der Waals surface area contributed by atoms with Crippen molar-refractivity contribution >= 4 is 5.91 Å². The lowest BCUT2D eigenvalue weighted by Crippen LogP contribution is -2.51. The van der Waals surface area contributed by atoms with Crippen LogP contribution in [0.25, 0.3) is 0 Å². The number of hydrogen-bond donors (Lipinski definition) is 1. The minimum Gasteiger partial charge on any atom is -0.508 e. The topological polar surface area (TPSA) is 47.0 Å². The molecule has 3 fully saturated rings. The number of phenolic OH excluding ortho intramolecular Hbond substituents is 1. The second-order valence-electron chi connectivity index (χ2n) is 13.6. The molecule has 0 unspecified atom stereocenters. The van der Waals surface area contributed by atoms with Crippen molar-refractivity contribution < 1.29 is 9.90 Å². The summed E-state index contributed by atoms with van der Waals surface area (Å²) in [5, 5.41) is 9.88. The fraction of sp³-hybridized carbons (Fsp3) is 0.719. The van der Waals surface area contributed by atoms with Crippen LogP contribution in [0.3, 0.4) is 0 Å². The number of likely N-dealkylation sites (tertiary alicyclic amines) is 2. The Morgan fingerprint density at radius 2 is 1.62 bits per heavy atom. The normalized spacial score (nSPS) is 31.2. The monoisotopic (exact) mass is 509 g/mol. The quantitative estimate of drug-likeness (QED) is 0.493. The summed E-state index contributed by atoms with van der Waals surface area (Å²) >= 11 is 0. The summed E-state index contributed by atoms with van der Waals surface area (Å²) in [5.41, 5.74) is 2.57. The van der Waals surface area contributed by atoms with Crippen molar-refractivity contribution in [2.45, 2.75) is 110 Å². The van der Waals surface area contributed by atoms with E-state index in [1.54, 1.807) is 0 Å². The molecule has 2 aliphatic heterocycles. The average Bonchev–Trinajstić information content (AvgIpc) is 3.45. The van der Waals surface area contributed by atoms with Gasteiger partial charge in [-0.3, -0.25) is 9.69 Å². The van der Waals surface area contributed by atoms with Crippen LogP contribution < -0.4 is 0 Å². The predicted octanol–water partition coefficient (Wildman–Crippen LogP) is 6.25. The molecule has 0 aromatic heterocycles. The summed E-state index contributed by atoms with van der Waals surface area (Å²) in [6.07, 6.45) is 5.74. The third-order valence-electron chi connectivity index (χ3n) is 9.46. The molecule has 1 aromatic rings. The molecule has 0 radical (unpaired) electrons. The van der Waals surface area contributed by atoms with Crippen LogP contribution >= 0.6 is 0 Å². The van der Waals surface area contributed by atoms with Gasteiger partial charge in [-0.2, -0.15) is 0 Å². The van der Waals surface area contributed by atoms with E-state index in [1.165, 1.54) is 24.1 Å². The number of phenols is 1. The molecule has 5 heteroatoms. The number of amides is 1. The van der Waals surface area contributed by atoms with Crippen LogP contribution in [-0.4, -0.2) is 69.0 Å². The van der Waals surface area contributed by atoms with E-state index >= 15 is 0 Å². The third kappa shape index (κ3) is 6.02. The predicted molar refractivity (Wildman–Crippen MR) is 152 cm³/mol. The summed E-state index contributed by atoms with van der Waals surface area (Å²) in [5.74, 6) is 2.09. The highest BCUT2D eigenvalue weighted by Gasteiger charge is 2.45. The van der Waals surface area contributed by atoms with Gasteiger partial charge in [-0.15, -0.1) is 0 Å². The first kappa shape index (κ1) is 28.0. The van der Waals surface area contributed by atoms with Gasteiger partial charge in [0.2, 0.25) is 5.91 Å². The molecule has 4 rings (SSSR count). The number of carbonyl (C=O) groups excluding carboxylic acids is 1. The van der Waals surface area contributed by atoms with E-state index in [0.717, 1.165) is 44.8 Å². The fourth-order valence-corrected chi connectivity index (χ4v) is 7.04. The SMILES string of the molecule is C=C([C@@H]1CN(C(C)(C)C)C[C@H]1c1ccc(O)cc1)N1C[C@@H](N(C(=O)C(C)C)[C@H]2CC[C@@H](C)CC2)C[C@H]1C. The Hall–Kier alpha value is -2.01. The maximum Gasteiger partial charge on any atom is 0.225 e.